The number of hydrogen-bond donors (Lipinski definition) is 1. The second-order valence-corrected chi connectivity index (χ2v) is 5.18. The lowest BCUT2D eigenvalue weighted by Gasteiger charge is -2.26. The van der Waals surface area contributed by atoms with Gasteiger partial charge in [-0.15, -0.1) is 0 Å². The minimum atomic E-state index is 0.278. The van der Waals surface area contributed by atoms with Gasteiger partial charge < -0.3 is 10.1 Å². The van der Waals surface area contributed by atoms with Crippen LogP contribution in [0.2, 0.25) is 0 Å². The summed E-state index contributed by atoms with van der Waals surface area (Å²) >= 11 is 0. The van der Waals surface area contributed by atoms with Gasteiger partial charge in [-0.1, -0.05) is 20.3 Å². The van der Waals surface area contributed by atoms with E-state index in [1.165, 1.54) is 11.4 Å². The quantitative estimate of drug-likeness (QED) is 0.717. The van der Waals surface area contributed by atoms with Crippen molar-refractivity contribution >= 4 is 0 Å². The molecule has 0 aliphatic carbocycles. The minimum Gasteiger partial charge on any atom is -0.377 e. The molecule has 0 saturated heterocycles. The molecule has 0 fully saturated rings. The van der Waals surface area contributed by atoms with E-state index >= 15 is 0 Å². The number of aryl methyl sites for hydroxylation is 2. The Labute approximate surface area is 123 Å². The summed E-state index contributed by atoms with van der Waals surface area (Å²) in [6, 6.07) is 2.59. The zero-order valence-corrected chi connectivity index (χ0v) is 13.8. The molecule has 0 aromatic carbocycles. The minimum absolute atomic E-state index is 0.278. The van der Waals surface area contributed by atoms with Gasteiger partial charge in [0.25, 0.3) is 0 Å². The first-order chi connectivity index (χ1) is 9.69. The zero-order valence-electron chi connectivity index (χ0n) is 13.8. The summed E-state index contributed by atoms with van der Waals surface area (Å²) in [6.45, 7) is 10.3. The van der Waals surface area contributed by atoms with Gasteiger partial charge in [0.15, 0.2) is 0 Å². The fourth-order valence-electron chi connectivity index (χ4n) is 2.67. The van der Waals surface area contributed by atoms with Crippen molar-refractivity contribution in [3.05, 3.63) is 17.5 Å². The maximum Gasteiger partial charge on any atom is 0.0731 e. The maximum absolute atomic E-state index is 5.92. The predicted molar refractivity (Wildman–Crippen MR) is 84.2 cm³/mol. The average molecular weight is 281 g/mol. The van der Waals surface area contributed by atoms with Gasteiger partial charge in [-0.05, 0) is 39.8 Å². The molecule has 0 spiro atoms. The second-order valence-electron chi connectivity index (χ2n) is 5.18. The Bertz CT molecular complexity index is 370. The van der Waals surface area contributed by atoms with Crippen LogP contribution in [0.15, 0.2) is 6.07 Å². The fraction of sp³-hybridized carbons (Fsp3) is 0.812. The number of rotatable bonds is 10. The lowest BCUT2D eigenvalue weighted by atomic mass is 10.0. The van der Waals surface area contributed by atoms with Gasteiger partial charge in [-0.2, -0.15) is 5.10 Å². The Balaban J connectivity index is 2.82. The van der Waals surface area contributed by atoms with Crippen LogP contribution < -0.4 is 5.32 Å². The zero-order chi connectivity index (χ0) is 15.0. The third-order valence-corrected chi connectivity index (χ3v) is 3.78. The van der Waals surface area contributed by atoms with Crippen LogP contribution in [0.5, 0.6) is 0 Å². The van der Waals surface area contributed by atoms with Crippen molar-refractivity contribution in [2.75, 3.05) is 13.7 Å². The monoisotopic (exact) mass is 281 g/mol. The summed E-state index contributed by atoms with van der Waals surface area (Å²) in [4.78, 5) is 0. The lowest BCUT2D eigenvalue weighted by molar-refractivity contribution is 0.0296. The molecular formula is C16H31N3O. The van der Waals surface area contributed by atoms with Crippen LogP contribution in [0, 0.1) is 0 Å². The van der Waals surface area contributed by atoms with E-state index in [1.54, 1.807) is 0 Å². The van der Waals surface area contributed by atoms with Crippen LogP contribution in [0.1, 0.15) is 51.9 Å². The van der Waals surface area contributed by atoms with Gasteiger partial charge in [-0.3, -0.25) is 4.68 Å². The Morgan fingerprint density at radius 3 is 2.55 bits per heavy atom. The molecule has 0 amide bonds. The van der Waals surface area contributed by atoms with Crippen molar-refractivity contribution in [3.8, 4) is 0 Å². The molecule has 1 aromatic heterocycles. The highest BCUT2D eigenvalue weighted by Gasteiger charge is 2.21. The number of hydrogen-bond acceptors (Lipinski definition) is 3. The highest BCUT2D eigenvalue weighted by atomic mass is 16.5. The summed E-state index contributed by atoms with van der Waals surface area (Å²) in [5.74, 6) is 0. The molecule has 4 heteroatoms. The number of nitrogens with zero attached hydrogens (tertiary/aromatic N) is 2. The number of nitrogens with one attached hydrogen (secondary N) is 1. The molecule has 20 heavy (non-hydrogen) atoms. The van der Waals surface area contributed by atoms with Crippen LogP contribution in [0.25, 0.3) is 0 Å². The Morgan fingerprint density at radius 1 is 1.30 bits per heavy atom. The molecule has 1 heterocycles. The van der Waals surface area contributed by atoms with Crippen molar-refractivity contribution < 1.29 is 4.74 Å². The Morgan fingerprint density at radius 2 is 2.05 bits per heavy atom. The van der Waals surface area contributed by atoms with Gasteiger partial charge in [0.1, 0.15) is 0 Å². The second kappa shape index (κ2) is 9.14. The maximum atomic E-state index is 5.92. The third kappa shape index (κ3) is 4.60. The van der Waals surface area contributed by atoms with E-state index in [9.17, 15) is 0 Å². The van der Waals surface area contributed by atoms with E-state index in [-0.39, 0.29) is 6.10 Å². The highest BCUT2D eigenvalue weighted by Crippen LogP contribution is 2.15. The first kappa shape index (κ1) is 17.2. The molecule has 0 bridgehead atoms. The topological polar surface area (TPSA) is 39.1 Å². The molecule has 0 aliphatic heterocycles. The van der Waals surface area contributed by atoms with Gasteiger partial charge in [-0.25, -0.2) is 0 Å². The molecule has 2 atom stereocenters. The Hall–Kier alpha value is -0.870. The van der Waals surface area contributed by atoms with Crippen LogP contribution >= 0.6 is 0 Å². The molecule has 4 nitrogen and oxygen atoms in total. The van der Waals surface area contributed by atoms with Gasteiger partial charge >= 0.3 is 0 Å². The summed E-state index contributed by atoms with van der Waals surface area (Å²) in [5.41, 5.74) is 2.49. The Kier molecular flexibility index (Phi) is 7.85. The van der Waals surface area contributed by atoms with Crippen LogP contribution in [0.4, 0.5) is 0 Å². The predicted octanol–water partition coefficient (Wildman–Crippen LogP) is 2.80. The van der Waals surface area contributed by atoms with Crippen LogP contribution in [0.3, 0.4) is 0 Å². The first-order valence-electron chi connectivity index (χ1n) is 8.04. The number of likely N-dealkylation sites (N-methyl/N-ethyl adjacent to an activating group) is 1. The van der Waals surface area contributed by atoms with E-state index in [4.69, 9.17) is 4.74 Å². The highest BCUT2D eigenvalue weighted by molar-refractivity contribution is 5.12. The molecule has 1 aromatic rings. The summed E-state index contributed by atoms with van der Waals surface area (Å²) in [7, 11) is 2.03. The molecule has 1 rings (SSSR count). The molecule has 116 valence electrons. The van der Waals surface area contributed by atoms with E-state index in [1.807, 2.05) is 7.05 Å². The van der Waals surface area contributed by atoms with Crippen molar-refractivity contribution in [1.29, 1.82) is 0 Å². The average Bonchev–Trinajstić information content (AvgIpc) is 2.86. The van der Waals surface area contributed by atoms with E-state index in [2.05, 4.69) is 48.9 Å². The largest absolute Gasteiger partial charge is 0.377 e. The van der Waals surface area contributed by atoms with Gasteiger partial charge in [0.05, 0.1) is 11.8 Å². The summed E-state index contributed by atoms with van der Waals surface area (Å²) in [5, 5.41) is 8.07. The standard InChI is InChI=1S/C16H31N3O/c1-6-10-16(20-9-4)15(17-5)12-14-11-13(7-2)18-19(14)8-3/h11,15-17H,6-10,12H2,1-5H3. The molecule has 2 unspecified atom stereocenters. The van der Waals surface area contributed by atoms with Crippen LogP contribution in [-0.4, -0.2) is 35.6 Å². The van der Waals surface area contributed by atoms with E-state index in [0.29, 0.717) is 6.04 Å². The van der Waals surface area contributed by atoms with E-state index in [0.717, 1.165) is 38.8 Å². The molecule has 0 aliphatic rings. The SMILES string of the molecule is CCCC(OCC)C(Cc1cc(CC)nn1CC)NC. The molecule has 1 N–H and O–H groups in total. The van der Waals surface area contributed by atoms with Crippen molar-refractivity contribution in [2.24, 2.45) is 0 Å². The van der Waals surface area contributed by atoms with Crippen molar-refractivity contribution in [3.63, 3.8) is 0 Å². The van der Waals surface area contributed by atoms with Gasteiger partial charge in [0, 0.05) is 31.3 Å². The van der Waals surface area contributed by atoms with E-state index < -0.39 is 0 Å². The van der Waals surface area contributed by atoms with Crippen molar-refractivity contribution in [1.82, 2.24) is 15.1 Å². The normalized spacial score (nSPS) is 14.4. The fourth-order valence-corrected chi connectivity index (χ4v) is 2.67. The lowest BCUT2D eigenvalue weighted by Crippen LogP contribution is -2.41. The number of ether oxygens (including phenoxy) is 1. The van der Waals surface area contributed by atoms with Crippen LogP contribution in [-0.2, 0) is 24.1 Å². The third-order valence-electron chi connectivity index (χ3n) is 3.78. The van der Waals surface area contributed by atoms with Gasteiger partial charge in [0.2, 0.25) is 0 Å². The first-order valence-corrected chi connectivity index (χ1v) is 8.04. The smallest absolute Gasteiger partial charge is 0.0731 e. The number of aromatic nitrogens is 2. The summed E-state index contributed by atoms with van der Waals surface area (Å²) in [6.07, 6.45) is 4.49. The molecule has 0 radical (unpaired) electrons. The molecular weight excluding hydrogens is 250 g/mol. The summed E-state index contributed by atoms with van der Waals surface area (Å²) < 4.78 is 8.05. The molecule has 0 saturated carbocycles. The van der Waals surface area contributed by atoms with Crippen molar-refractivity contribution in [2.45, 2.75) is 72.1 Å².